The van der Waals surface area contributed by atoms with Crippen molar-refractivity contribution in [2.24, 2.45) is 5.10 Å². The minimum absolute atomic E-state index is 0.130. The van der Waals surface area contributed by atoms with E-state index in [9.17, 15) is 9.18 Å². The SMILES string of the molecule is Cc1cc(/C=N\NC(=O)[C@@H](C)SCc2ccccc2)c(C)n1-c1ccc(F)cc1. The Hall–Kier alpha value is -2.86. The number of hydrazone groups is 1. The van der Waals surface area contributed by atoms with Crippen molar-refractivity contribution in [1.82, 2.24) is 9.99 Å². The molecule has 0 aliphatic heterocycles. The molecule has 0 spiro atoms. The monoisotopic (exact) mass is 409 g/mol. The number of nitrogens with one attached hydrogen (secondary N) is 1. The Morgan fingerprint density at radius 3 is 2.55 bits per heavy atom. The lowest BCUT2D eigenvalue weighted by Crippen LogP contribution is -2.27. The van der Waals surface area contributed by atoms with E-state index < -0.39 is 0 Å². The van der Waals surface area contributed by atoms with Crippen molar-refractivity contribution in [1.29, 1.82) is 0 Å². The molecule has 29 heavy (non-hydrogen) atoms. The predicted molar refractivity (Wildman–Crippen MR) is 118 cm³/mol. The molecule has 0 bridgehead atoms. The Balaban J connectivity index is 1.60. The van der Waals surface area contributed by atoms with Crippen LogP contribution >= 0.6 is 11.8 Å². The van der Waals surface area contributed by atoms with Crippen LogP contribution < -0.4 is 5.43 Å². The van der Waals surface area contributed by atoms with Gasteiger partial charge in [0.25, 0.3) is 5.91 Å². The average molecular weight is 410 g/mol. The number of rotatable bonds is 7. The zero-order chi connectivity index (χ0) is 20.8. The fourth-order valence-electron chi connectivity index (χ4n) is 3.03. The van der Waals surface area contributed by atoms with E-state index in [-0.39, 0.29) is 17.0 Å². The molecule has 1 N–H and O–H groups in total. The zero-order valence-electron chi connectivity index (χ0n) is 16.7. The number of amides is 1. The Labute approximate surface area is 174 Å². The molecule has 0 saturated carbocycles. The Morgan fingerprint density at radius 1 is 1.17 bits per heavy atom. The third-order valence-electron chi connectivity index (χ3n) is 4.65. The van der Waals surface area contributed by atoms with Crippen molar-refractivity contribution in [3.8, 4) is 5.69 Å². The van der Waals surface area contributed by atoms with Crippen LogP contribution in [-0.4, -0.2) is 21.9 Å². The fourth-order valence-corrected chi connectivity index (χ4v) is 3.87. The molecular weight excluding hydrogens is 385 g/mol. The third-order valence-corrected chi connectivity index (χ3v) is 5.86. The summed E-state index contributed by atoms with van der Waals surface area (Å²) in [5.41, 5.74) is 7.57. The predicted octanol–water partition coefficient (Wildman–Crippen LogP) is 5.01. The lowest BCUT2D eigenvalue weighted by molar-refractivity contribution is -0.120. The number of thioether (sulfide) groups is 1. The number of carbonyl (C=O) groups is 1. The van der Waals surface area contributed by atoms with Gasteiger partial charge < -0.3 is 4.57 Å². The maximum Gasteiger partial charge on any atom is 0.252 e. The normalized spacial score (nSPS) is 12.3. The summed E-state index contributed by atoms with van der Waals surface area (Å²) in [6.07, 6.45) is 1.65. The van der Waals surface area contributed by atoms with Crippen molar-refractivity contribution in [2.45, 2.75) is 31.8 Å². The largest absolute Gasteiger partial charge is 0.318 e. The minimum atomic E-state index is -0.264. The zero-order valence-corrected chi connectivity index (χ0v) is 17.5. The van der Waals surface area contributed by atoms with Gasteiger partial charge in [-0.2, -0.15) is 5.10 Å². The summed E-state index contributed by atoms with van der Waals surface area (Å²) >= 11 is 1.57. The molecule has 0 radical (unpaired) electrons. The highest BCUT2D eigenvalue weighted by atomic mass is 32.2. The smallest absolute Gasteiger partial charge is 0.252 e. The van der Waals surface area contributed by atoms with E-state index in [0.29, 0.717) is 0 Å². The Kier molecular flexibility index (Phi) is 6.88. The highest BCUT2D eigenvalue weighted by Gasteiger charge is 2.13. The van der Waals surface area contributed by atoms with Gasteiger partial charge in [0.1, 0.15) is 5.82 Å². The van der Waals surface area contributed by atoms with E-state index in [1.165, 1.54) is 17.7 Å². The standard InChI is InChI=1S/C23H24FN3OS/c1-16-13-20(17(2)27(16)22-11-9-21(24)10-12-22)14-25-26-23(28)18(3)29-15-19-7-5-4-6-8-19/h4-14,18H,15H2,1-3H3,(H,26,28)/b25-14-/t18-/m1/s1. The topological polar surface area (TPSA) is 46.4 Å². The van der Waals surface area contributed by atoms with Crippen LogP contribution in [0.1, 0.15) is 29.4 Å². The molecule has 6 heteroatoms. The number of hydrogen-bond donors (Lipinski definition) is 1. The van der Waals surface area contributed by atoms with E-state index in [0.717, 1.165) is 28.4 Å². The molecular formula is C23H24FN3OS. The van der Waals surface area contributed by atoms with Crippen LogP contribution in [0.2, 0.25) is 0 Å². The van der Waals surface area contributed by atoms with Gasteiger partial charge >= 0.3 is 0 Å². The van der Waals surface area contributed by atoms with Crippen LogP contribution in [0.4, 0.5) is 4.39 Å². The second kappa shape index (κ2) is 9.56. The molecule has 0 saturated heterocycles. The highest BCUT2D eigenvalue weighted by Crippen LogP contribution is 2.20. The van der Waals surface area contributed by atoms with Crippen LogP contribution in [0.3, 0.4) is 0 Å². The lowest BCUT2D eigenvalue weighted by Gasteiger charge is -2.10. The van der Waals surface area contributed by atoms with E-state index in [1.807, 2.05) is 61.7 Å². The number of benzene rings is 2. The van der Waals surface area contributed by atoms with Gasteiger partial charge in [-0.15, -0.1) is 11.8 Å². The number of carbonyl (C=O) groups excluding carboxylic acids is 1. The highest BCUT2D eigenvalue weighted by molar-refractivity contribution is 7.99. The van der Waals surface area contributed by atoms with Gasteiger partial charge in [-0.1, -0.05) is 30.3 Å². The fraction of sp³-hybridized carbons (Fsp3) is 0.217. The van der Waals surface area contributed by atoms with E-state index >= 15 is 0 Å². The summed E-state index contributed by atoms with van der Waals surface area (Å²) in [5.74, 6) is 0.382. The lowest BCUT2D eigenvalue weighted by atomic mass is 10.2. The number of nitrogens with zero attached hydrogens (tertiary/aromatic N) is 2. The molecule has 1 heterocycles. The maximum atomic E-state index is 13.2. The molecule has 3 rings (SSSR count). The van der Waals surface area contributed by atoms with Gasteiger partial charge in [0.2, 0.25) is 0 Å². The number of aromatic nitrogens is 1. The van der Waals surface area contributed by atoms with Crippen LogP contribution in [0, 0.1) is 19.7 Å². The first kappa shape index (κ1) is 20.9. The Morgan fingerprint density at radius 2 is 1.86 bits per heavy atom. The van der Waals surface area contributed by atoms with Crippen molar-refractivity contribution in [3.05, 3.63) is 89.0 Å². The molecule has 0 aliphatic rings. The maximum absolute atomic E-state index is 13.2. The van der Waals surface area contributed by atoms with Crippen LogP contribution in [0.25, 0.3) is 5.69 Å². The van der Waals surface area contributed by atoms with E-state index in [4.69, 9.17) is 0 Å². The molecule has 0 aliphatic carbocycles. The van der Waals surface area contributed by atoms with Crippen LogP contribution in [-0.2, 0) is 10.5 Å². The van der Waals surface area contributed by atoms with E-state index in [1.54, 1.807) is 30.1 Å². The average Bonchev–Trinajstić information content (AvgIpc) is 3.01. The molecule has 3 aromatic rings. The van der Waals surface area contributed by atoms with Crippen LogP contribution in [0.15, 0.2) is 65.8 Å². The minimum Gasteiger partial charge on any atom is -0.318 e. The molecule has 4 nitrogen and oxygen atoms in total. The second-order valence-electron chi connectivity index (χ2n) is 6.81. The van der Waals surface area contributed by atoms with Gasteiger partial charge in [0.15, 0.2) is 0 Å². The summed E-state index contributed by atoms with van der Waals surface area (Å²) < 4.78 is 15.2. The van der Waals surface area contributed by atoms with Gasteiger partial charge in [0, 0.05) is 28.4 Å². The van der Waals surface area contributed by atoms with Gasteiger partial charge in [-0.3, -0.25) is 4.79 Å². The van der Waals surface area contributed by atoms with Crippen molar-refractivity contribution in [2.75, 3.05) is 0 Å². The Bertz CT molecular complexity index is 997. The first-order valence-corrected chi connectivity index (χ1v) is 10.4. The third kappa shape index (κ3) is 5.35. The summed E-state index contributed by atoms with van der Waals surface area (Å²) in [6.45, 7) is 5.82. The van der Waals surface area contributed by atoms with Crippen molar-refractivity contribution < 1.29 is 9.18 Å². The summed E-state index contributed by atoms with van der Waals surface area (Å²) in [5, 5.41) is 3.92. The molecule has 150 valence electrons. The van der Waals surface area contributed by atoms with Crippen molar-refractivity contribution in [3.63, 3.8) is 0 Å². The number of hydrogen-bond acceptors (Lipinski definition) is 3. The number of halogens is 1. The molecule has 0 fully saturated rings. The number of aryl methyl sites for hydroxylation is 1. The molecule has 1 aromatic heterocycles. The first-order valence-electron chi connectivity index (χ1n) is 9.39. The van der Waals surface area contributed by atoms with Crippen molar-refractivity contribution >= 4 is 23.9 Å². The quantitative estimate of drug-likeness (QED) is 0.441. The van der Waals surface area contributed by atoms with E-state index in [2.05, 4.69) is 10.5 Å². The first-order chi connectivity index (χ1) is 14.0. The molecule has 1 atom stereocenters. The molecule has 0 unspecified atom stereocenters. The summed E-state index contributed by atoms with van der Waals surface area (Å²) in [4.78, 5) is 12.3. The van der Waals surface area contributed by atoms with Gasteiger partial charge in [0.05, 0.1) is 11.5 Å². The second-order valence-corrected chi connectivity index (χ2v) is 8.14. The molecule has 1 amide bonds. The van der Waals surface area contributed by atoms with Crippen LogP contribution in [0.5, 0.6) is 0 Å². The van der Waals surface area contributed by atoms with Gasteiger partial charge in [-0.25, -0.2) is 9.82 Å². The van der Waals surface area contributed by atoms with Gasteiger partial charge in [-0.05, 0) is 56.7 Å². The summed E-state index contributed by atoms with van der Waals surface area (Å²) in [7, 11) is 0. The summed E-state index contributed by atoms with van der Waals surface area (Å²) in [6, 6.07) is 18.4. The molecule has 2 aromatic carbocycles.